The van der Waals surface area contributed by atoms with Crippen LogP contribution in [0, 0.1) is 0 Å². The van der Waals surface area contributed by atoms with Gasteiger partial charge in [-0.1, -0.05) is 17.4 Å². The lowest BCUT2D eigenvalue weighted by Gasteiger charge is -2.43. The number of carbonyl (C=O) groups is 1. The molecule has 2 aromatic rings. The zero-order valence-electron chi connectivity index (χ0n) is 24.6. The standard InChI is InChI=1S/C29H44N7O3S/c1-19-16-36(6,17-20(2)38-19)18-21-14-24(31-22-9-12-35(13-10-22)28(37)39-29(3,4)5)33-25(15-21)34-27-32-23-8-7-11-30-26(23)40-27/h7-8,14-15,19-20,22,30H,9-13,16-18H2,1-6H3,(H2,31,32,33,34)/q+1. The number of morpholine rings is 1. The van der Waals surface area contributed by atoms with E-state index in [9.17, 15) is 4.79 Å². The van der Waals surface area contributed by atoms with Crippen LogP contribution in [0.2, 0.25) is 0 Å². The summed E-state index contributed by atoms with van der Waals surface area (Å²) in [5, 5.41) is 12.4. The highest BCUT2D eigenvalue weighted by Gasteiger charge is 2.34. The van der Waals surface area contributed by atoms with Crippen molar-refractivity contribution in [2.45, 2.75) is 77.9 Å². The molecule has 5 rings (SSSR count). The monoisotopic (exact) mass is 570 g/mol. The first-order chi connectivity index (χ1) is 18.9. The van der Waals surface area contributed by atoms with Crippen molar-refractivity contribution in [2.75, 3.05) is 55.7 Å². The van der Waals surface area contributed by atoms with Crippen molar-refractivity contribution in [2.24, 2.45) is 0 Å². The molecule has 2 aromatic heterocycles. The van der Waals surface area contributed by atoms with Crippen molar-refractivity contribution >= 4 is 45.3 Å². The fourth-order valence-electron chi connectivity index (χ4n) is 5.98. The number of rotatable bonds is 6. The minimum absolute atomic E-state index is 0.225. The summed E-state index contributed by atoms with van der Waals surface area (Å²) >= 11 is 1.60. The summed E-state index contributed by atoms with van der Waals surface area (Å²) in [5.74, 6) is 1.62. The average Bonchev–Trinajstić information content (AvgIpc) is 3.24. The van der Waals surface area contributed by atoms with Gasteiger partial charge in [0.2, 0.25) is 0 Å². The molecule has 0 radical (unpaired) electrons. The number of piperidine rings is 1. The number of hydrogen-bond acceptors (Lipinski definition) is 9. The molecule has 5 heterocycles. The Bertz CT molecular complexity index is 1220. The average molecular weight is 571 g/mol. The Morgan fingerprint density at radius 3 is 2.55 bits per heavy atom. The van der Waals surface area contributed by atoms with Gasteiger partial charge in [0.05, 0.1) is 12.7 Å². The van der Waals surface area contributed by atoms with Gasteiger partial charge >= 0.3 is 6.09 Å². The molecule has 0 spiro atoms. The number of ether oxygens (including phenoxy) is 2. The topological polar surface area (TPSA) is 101 Å². The molecule has 3 aliphatic rings. The largest absolute Gasteiger partial charge is 0.444 e. The Morgan fingerprint density at radius 2 is 1.88 bits per heavy atom. The predicted molar refractivity (Wildman–Crippen MR) is 161 cm³/mol. The van der Waals surface area contributed by atoms with Crippen molar-refractivity contribution in [3.8, 4) is 0 Å². The Kier molecular flexibility index (Phi) is 8.26. The quantitative estimate of drug-likeness (QED) is 0.403. The smallest absolute Gasteiger partial charge is 0.410 e. The number of hydrogen-bond donors (Lipinski definition) is 3. The van der Waals surface area contributed by atoms with Gasteiger partial charge in [-0.3, -0.25) is 0 Å². The molecule has 218 valence electrons. The van der Waals surface area contributed by atoms with E-state index in [0.717, 1.165) is 71.0 Å². The fraction of sp³-hybridized carbons (Fsp3) is 0.621. The zero-order chi connectivity index (χ0) is 28.5. The molecule has 0 saturated carbocycles. The second-order valence-electron chi connectivity index (χ2n) is 12.7. The van der Waals surface area contributed by atoms with Gasteiger partial charge in [0, 0.05) is 31.2 Å². The van der Waals surface area contributed by atoms with Gasteiger partial charge in [-0.2, -0.15) is 0 Å². The summed E-state index contributed by atoms with van der Waals surface area (Å²) < 4.78 is 12.5. The molecule has 2 atom stereocenters. The van der Waals surface area contributed by atoms with Crippen molar-refractivity contribution < 1.29 is 18.8 Å². The van der Waals surface area contributed by atoms with E-state index < -0.39 is 5.60 Å². The number of carbonyl (C=O) groups excluding carboxylic acids is 1. The van der Waals surface area contributed by atoms with Gasteiger partial charge in [-0.05, 0) is 65.7 Å². The number of nitrogens with one attached hydrogen (secondary N) is 3. The Morgan fingerprint density at radius 1 is 1.18 bits per heavy atom. The third-order valence-corrected chi connectivity index (χ3v) is 8.30. The highest BCUT2D eigenvalue weighted by Crippen LogP contribution is 2.33. The molecule has 2 unspecified atom stereocenters. The molecule has 0 bridgehead atoms. The van der Waals surface area contributed by atoms with E-state index in [1.165, 1.54) is 5.56 Å². The molecule has 3 N–H and O–H groups in total. The van der Waals surface area contributed by atoms with Crippen LogP contribution in [-0.4, -0.2) is 89.1 Å². The van der Waals surface area contributed by atoms with Crippen LogP contribution in [0.15, 0.2) is 18.2 Å². The maximum Gasteiger partial charge on any atom is 0.410 e. The molecular formula is C29H44N7O3S+. The van der Waals surface area contributed by atoms with E-state index in [1.807, 2.05) is 20.8 Å². The summed E-state index contributed by atoms with van der Waals surface area (Å²) in [7, 11) is 2.31. The number of fused-ring (bicyclic) bond motifs is 1. The number of aromatic nitrogens is 2. The number of likely N-dealkylation sites (tertiary alicyclic amines) is 1. The predicted octanol–water partition coefficient (Wildman–Crippen LogP) is 5.29. The Balaban J connectivity index is 1.32. The Labute approximate surface area is 241 Å². The minimum atomic E-state index is -0.488. The summed E-state index contributed by atoms with van der Waals surface area (Å²) in [4.78, 5) is 24.0. The number of likely N-dealkylation sites (N-methyl/N-ethyl adjacent to an activating group) is 1. The molecule has 1 amide bonds. The maximum absolute atomic E-state index is 12.5. The van der Waals surface area contributed by atoms with E-state index >= 15 is 0 Å². The van der Waals surface area contributed by atoms with Crippen LogP contribution in [0.1, 0.15) is 58.7 Å². The van der Waals surface area contributed by atoms with Gasteiger partial charge in [0.15, 0.2) is 5.13 Å². The molecule has 0 aromatic carbocycles. The van der Waals surface area contributed by atoms with Gasteiger partial charge < -0.3 is 34.8 Å². The SMILES string of the molecule is CC1C[N+](C)(Cc2cc(Nc3nc4c(s3)NCC=C4)nc(NC3CCN(C(=O)OC(C)(C)C)CC3)c2)CC(C)O1. The van der Waals surface area contributed by atoms with Crippen LogP contribution < -0.4 is 16.0 Å². The molecule has 10 nitrogen and oxygen atoms in total. The molecule has 11 heteroatoms. The highest BCUT2D eigenvalue weighted by atomic mass is 32.1. The van der Waals surface area contributed by atoms with Crippen molar-refractivity contribution in [1.82, 2.24) is 14.9 Å². The molecule has 3 aliphatic heterocycles. The van der Waals surface area contributed by atoms with Crippen molar-refractivity contribution in [3.63, 3.8) is 0 Å². The number of anilines is 4. The zero-order valence-corrected chi connectivity index (χ0v) is 25.4. The number of quaternary nitrogens is 1. The highest BCUT2D eigenvalue weighted by molar-refractivity contribution is 7.19. The lowest BCUT2D eigenvalue weighted by atomic mass is 10.1. The molecule has 0 aliphatic carbocycles. The van der Waals surface area contributed by atoms with Crippen LogP contribution >= 0.6 is 11.3 Å². The summed E-state index contributed by atoms with van der Waals surface area (Å²) in [6.07, 6.45) is 6.02. The van der Waals surface area contributed by atoms with Crippen LogP contribution in [0.5, 0.6) is 0 Å². The first-order valence-corrected chi connectivity index (χ1v) is 15.2. The number of thiazole rings is 1. The number of nitrogens with zero attached hydrogens (tertiary/aromatic N) is 4. The normalized spacial score (nSPS) is 25.2. The third-order valence-electron chi connectivity index (χ3n) is 7.35. The Hall–Kier alpha value is -2.89. The molecule has 2 fully saturated rings. The summed E-state index contributed by atoms with van der Waals surface area (Å²) in [6, 6.07) is 4.55. The lowest BCUT2D eigenvalue weighted by Crippen LogP contribution is -2.56. The van der Waals surface area contributed by atoms with Crippen molar-refractivity contribution in [1.29, 1.82) is 0 Å². The summed E-state index contributed by atoms with van der Waals surface area (Å²) in [5.41, 5.74) is 1.69. The van der Waals surface area contributed by atoms with Crippen LogP contribution in [0.4, 0.5) is 26.6 Å². The number of pyridine rings is 1. The van der Waals surface area contributed by atoms with Crippen LogP contribution in [0.25, 0.3) is 6.08 Å². The fourth-order valence-corrected chi connectivity index (χ4v) is 6.85. The first kappa shape index (κ1) is 28.6. The van der Waals surface area contributed by atoms with E-state index in [0.29, 0.717) is 13.1 Å². The van der Waals surface area contributed by atoms with E-state index in [2.05, 4.69) is 61.1 Å². The second-order valence-corrected chi connectivity index (χ2v) is 13.7. The van der Waals surface area contributed by atoms with E-state index in [4.69, 9.17) is 19.4 Å². The van der Waals surface area contributed by atoms with Crippen molar-refractivity contribution in [3.05, 3.63) is 29.5 Å². The van der Waals surface area contributed by atoms with E-state index in [1.54, 1.807) is 16.2 Å². The van der Waals surface area contributed by atoms with E-state index in [-0.39, 0.29) is 24.3 Å². The van der Waals surface area contributed by atoms with Gasteiger partial charge in [-0.25, -0.2) is 14.8 Å². The molecular weight excluding hydrogens is 526 g/mol. The first-order valence-electron chi connectivity index (χ1n) is 14.4. The third kappa shape index (κ3) is 7.44. The second kappa shape index (κ2) is 11.5. The van der Waals surface area contributed by atoms with Gasteiger partial charge in [-0.15, -0.1) is 0 Å². The number of amides is 1. The van der Waals surface area contributed by atoms with Crippen LogP contribution in [0.3, 0.4) is 0 Å². The van der Waals surface area contributed by atoms with Gasteiger partial charge in [0.25, 0.3) is 0 Å². The minimum Gasteiger partial charge on any atom is -0.444 e. The lowest BCUT2D eigenvalue weighted by molar-refractivity contribution is -0.936. The molecule has 40 heavy (non-hydrogen) atoms. The maximum atomic E-state index is 12.5. The van der Waals surface area contributed by atoms with Gasteiger partial charge in [0.1, 0.15) is 54.1 Å². The van der Waals surface area contributed by atoms with Crippen LogP contribution in [-0.2, 0) is 16.0 Å². The summed E-state index contributed by atoms with van der Waals surface area (Å²) in [6.45, 7) is 15.0. The molecule has 2 saturated heterocycles.